The summed E-state index contributed by atoms with van der Waals surface area (Å²) >= 11 is 0. The van der Waals surface area contributed by atoms with E-state index in [0.29, 0.717) is 31.2 Å². The van der Waals surface area contributed by atoms with Crippen LogP contribution in [0.1, 0.15) is 11.7 Å². The van der Waals surface area contributed by atoms with Crippen LogP contribution in [0, 0.1) is 0 Å². The van der Waals surface area contributed by atoms with Crippen LogP contribution in [0.4, 0.5) is 0 Å². The maximum Gasteiger partial charge on any atom is 0.260 e. The van der Waals surface area contributed by atoms with Gasteiger partial charge in [-0.1, -0.05) is 24.3 Å². The Kier molecular flexibility index (Phi) is 5.96. The molecule has 1 unspecified atom stereocenters. The summed E-state index contributed by atoms with van der Waals surface area (Å²) in [6.45, 7) is 1.52. The SMILES string of the molecule is COc1ccc(C2CN(C(=O)COc3ccccc3OC)CCO2)cc1. The van der Waals surface area contributed by atoms with Crippen LogP contribution in [0.2, 0.25) is 0 Å². The molecule has 138 valence electrons. The third kappa shape index (κ3) is 4.26. The number of nitrogens with zero attached hydrogens (tertiary/aromatic N) is 1. The molecule has 26 heavy (non-hydrogen) atoms. The number of hydrogen-bond acceptors (Lipinski definition) is 5. The predicted molar refractivity (Wildman–Crippen MR) is 96.8 cm³/mol. The Morgan fingerprint density at radius 3 is 2.50 bits per heavy atom. The second-order valence-corrected chi connectivity index (χ2v) is 5.91. The van der Waals surface area contributed by atoms with Crippen molar-refractivity contribution in [1.82, 2.24) is 4.90 Å². The largest absolute Gasteiger partial charge is 0.497 e. The van der Waals surface area contributed by atoms with Gasteiger partial charge in [0.05, 0.1) is 27.4 Å². The fourth-order valence-corrected chi connectivity index (χ4v) is 2.86. The highest BCUT2D eigenvalue weighted by Crippen LogP contribution is 2.27. The minimum absolute atomic E-state index is 0.0320. The van der Waals surface area contributed by atoms with Crippen molar-refractivity contribution >= 4 is 5.91 Å². The molecular formula is C20H23NO5. The highest BCUT2D eigenvalue weighted by molar-refractivity contribution is 5.78. The van der Waals surface area contributed by atoms with Crippen LogP contribution in [0.25, 0.3) is 0 Å². The van der Waals surface area contributed by atoms with Gasteiger partial charge in [0.25, 0.3) is 5.91 Å². The topological polar surface area (TPSA) is 57.2 Å². The van der Waals surface area contributed by atoms with E-state index < -0.39 is 0 Å². The van der Waals surface area contributed by atoms with Gasteiger partial charge in [0.15, 0.2) is 18.1 Å². The van der Waals surface area contributed by atoms with Gasteiger partial charge in [0.2, 0.25) is 0 Å². The lowest BCUT2D eigenvalue weighted by molar-refractivity contribution is -0.141. The summed E-state index contributed by atoms with van der Waals surface area (Å²) in [5.74, 6) is 1.89. The quantitative estimate of drug-likeness (QED) is 0.796. The van der Waals surface area contributed by atoms with Crippen LogP contribution < -0.4 is 14.2 Å². The molecule has 0 aromatic heterocycles. The van der Waals surface area contributed by atoms with E-state index in [1.165, 1.54) is 0 Å². The molecule has 1 atom stereocenters. The zero-order valence-electron chi connectivity index (χ0n) is 15.0. The second-order valence-electron chi connectivity index (χ2n) is 5.91. The van der Waals surface area contributed by atoms with Crippen molar-refractivity contribution in [2.45, 2.75) is 6.10 Å². The maximum atomic E-state index is 12.5. The molecule has 1 heterocycles. The van der Waals surface area contributed by atoms with E-state index in [4.69, 9.17) is 18.9 Å². The molecule has 6 nitrogen and oxygen atoms in total. The summed E-state index contributed by atoms with van der Waals surface area (Å²) in [5.41, 5.74) is 1.02. The molecule has 0 N–H and O–H groups in total. The van der Waals surface area contributed by atoms with Crippen LogP contribution in [-0.4, -0.2) is 51.3 Å². The maximum absolute atomic E-state index is 12.5. The summed E-state index contributed by atoms with van der Waals surface area (Å²) in [6, 6.07) is 15.0. The van der Waals surface area contributed by atoms with Gasteiger partial charge in [-0.05, 0) is 29.8 Å². The number of ether oxygens (including phenoxy) is 4. The van der Waals surface area contributed by atoms with Crippen LogP contribution in [-0.2, 0) is 9.53 Å². The number of morpholine rings is 1. The second kappa shape index (κ2) is 8.58. The molecule has 2 aromatic carbocycles. The van der Waals surface area contributed by atoms with E-state index in [1.54, 1.807) is 31.3 Å². The average Bonchev–Trinajstić information content (AvgIpc) is 2.72. The lowest BCUT2D eigenvalue weighted by Crippen LogP contribution is -2.44. The monoisotopic (exact) mass is 357 g/mol. The summed E-state index contributed by atoms with van der Waals surface area (Å²) in [6.07, 6.45) is -0.148. The van der Waals surface area contributed by atoms with Gasteiger partial charge >= 0.3 is 0 Å². The number of carbonyl (C=O) groups is 1. The number of amides is 1. The number of methoxy groups -OCH3 is 2. The van der Waals surface area contributed by atoms with Crippen molar-refractivity contribution in [3.8, 4) is 17.2 Å². The minimum atomic E-state index is -0.148. The molecule has 1 aliphatic rings. The van der Waals surface area contributed by atoms with Crippen LogP contribution in [0.5, 0.6) is 17.2 Å². The van der Waals surface area contributed by atoms with Gasteiger partial charge in [0.1, 0.15) is 11.9 Å². The summed E-state index contributed by atoms with van der Waals surface area (Å²) in [4.78, 5) is 14.3. The Morgan fingerprint density at radius 1 is 1.08 bits per heavy atom. The Labute approximate surface area is 153 Å². The highest BCUT2D eigenvalue weighted by atomic mass is 16.5. The van der Waals surface area contributed by atoms with E-state index in [9.17, 15) is 4.79 Å². The van der Waals surface area contributed by atoms with Crippen molar-refractivity contribution < 1.29 is 23.7 Å². The summed E-state index contributed by atoms with van der Waals surface area (Å²) < 4.78 is 21.9. The van der Waals surface area contributed by atoms with Crippen molar-refractivity contribution in [1.29, 1.82) is 0 Å². The Morgan fingerprint density at radius 2 is 1.81 bits per heavy atom. The standard InChI is InChI=1S/C20H23NO5/c1-23-16-9-7-15(8-10-16)19-13-21(11-12-25-19)20(22)14-26-18-6-4-3-5-17(18)24-2/h3-10,19H,11-14H2,1-2H3. The van der Waals surface area contributed by atoms with E-state index in [-0.39, 0.29) is 18.6 Å². The normalized spacial score (nSPS) is 16.8. The van der Waals surface area contributed by atoms with Gasteiger partial charge < -0.3 is 23.8 Å². The molecule has 1 saturated heterocycles. The molecule has 0 saturated carbocycles. The third-order valence-electron chi connectivity index (χ3n) is 4.33. The molecule has 0 bridgehead atoms. The predicted octanol–water partition coefficient (Wildman–Crippen LogP) is 2.68. The Bertz CT molecular complexity index is 731. The molecule has 1 aliphatic heterocycles. The lowest BCUT2D eigenvalue weighted by atomic mass is 10.1. The molecule has 3 rings (SSSR count). The molecule has 0 radical (unpaired) electrons. The fourth-order valence-electron chi connectivity index (χ4n) is 2.86. The Balaban J connectivity index is 1.58. The molecule has 6 heteroatoms. The number of hydrogen-bond donors (Lipinski definition) is 0. The van der Waals surface area contributed by atoms with Crippen molar-refractivity contribution in [2.75, 3.05) is 40.5 Å². The van der Waals surface area contributed by atoms with Gasteiger partial charge in [0, 0.05) is 6.54 Å². The van der Waals surface area contributed by atoms with Crippen LogP contribution >= 0.6 is 0 Å². The van der Waals surface area contributed by atoms with E-state index in [1.807, 2.05) is 36.4 Å². The number of carbonyl (C=O) groups excluding carboxylic acids is 1. The van der Waals surface area contributed by atoms with Crippen LogP contribution in [0.15, 0.2) is 48.5 Å². The molecule has 1 amide bonds. The minimum Gasteiger partial charge on any atom is -0.497 e. The zero-order chi connectivity index (χ0) is 18.4. The summed E-state index contributed by atoms with van der Waals surface area (Å²) in [7, 11) is 3.21. The molecule has 1 fully saturated rings. The number of para-hydroxylation sites is 2. The first-order valence-corrected chi connectivity index (χ1v) is 8.50. The van der Waals surface area contributed by atoms with Gasteiger partial charge in [-0.25, -0.2) is 0 Å². The Hall–Kier alpha value is -2.73. The number of rotatable bonds is 6. The fraction of sp³-hybridized carbons (Fsp3) is 0.350. The third-order valence-corrected chi connectivity index (χ3v) is 4.33. The lowest BCUT2D eigenvalue weighted by Gasteiger charge is -2.33. The molecule has 0 spiro atoms. The van der Waals surface area contributed by atoms with Gasteiger partial charge in [-0.3, -0.25) is 4.79 Å². The van der Waals surface area contributed by atoms with Crippen molar-refractivity contribution in [3.63, 3.8) is 0 Å². The first kappa shape index (κ1) is 18.1. The number of benzene rings is 2. The molecular weight excluding hydrogens is 334 g/mol. The zero-order valence-corrected chi connectivity index (χ0v) is 15.0. The highest BCUT2D eigenvalue weighted by Gasteiger charge is 2.25. The first-order valence-electron chi connectivity index (χ1n) is 8.50. The first-order chi connectivity index (χ1) is 12.7. The van der Waals surface area contributed by atoms with Crippen molar-refractivity contribution in [3.05, 3.63) is 54.1 Å². The van der Waals surface area contributed by atoms with Gasteiger partial charge in [-0.15, -0.1) is 0 Å². The molecule has 0 aliphatic carbocycles. The van der Waals surface area contributed by atoms with Crippen molar-refractivity contribution in [2.24, 2.45) is 0 Å². The summed E-state index contributed by atoms with van der Waals surface area (Å²) in [5, 5.41) is 0. The van der Waals surface area contributed by atoms with Crippen LogP contribution in [0.3, 0.4) is 0 Å². The smallest absolute Gasteiger partial charge is 0.260 e. The van der Waals surface area contributed by atoms with E-state index >= 15 is 0 Å². The average molecular weight is 357 g/mol. The molecule has 2 aromatic rings. The van der Waals surface area contributed by atoms with E-state index in [2.05, 4.69) is 0 Å². The van der Waals surface area contributed by atoms with E-state index in [0.717, 1.165) is 11.3 Å². The van der Waals surface area contributed by atoms with Gasteiger partial charge in [-0.2, -0.15) is 0 Å².